The van der Waals surface area contributed by atoms with Gasteiger partial charge in [0.1, 0.15) is 5.75 Å². The number of allylic oxidation sites excluding steroid dienone is 1. The van der Waals surface area contributed by atoms with E-state index < -0.39 is 0 Å². The van der Waals surface area contributed by atoms with Crippen LogP contribution in [-0.4, -0.2) is 5.11 Å². The zero-order valence-corrected chi connectivity index (χ0v) is 8.36. The summed E-state index contributed by atoms with van der Waals surface area (Å²) >= 11 is 0. The molecule has 0 fully saturated rings. The third-order valence-corrected chi connectivity index (χ3v) is 1.25. The summed E-state index contributed by atoms with van der Waals surface area (Å²) in [7, 11) is 0. The molecule has 0 radical (unpaired) electrons. The predicted octanol–water partition coefficient (Wildman–Crippen LogP) is 3.27. The van der Waals surface area contributed by atoms with Crippen LogP contribution in [0.3, 0.4) is 0 Å². The van der Waals surface area contributed by atoms with E-state index in [0.717, 1.165) is 5.56 Å². The lowest BCUT2D eigenvalue weighted by atomic mass is 10.2. The summed E-state index contributed by atoms with van der Waals surface area (Å²) in [5.41, 5.74) is 1.11. The molecular formula is C9H12Cl2O. The van der Waals surface area contributed by atoms with Gasteiger partial charge in [-0.1, -0.05) is 24.3 Å². The number of hydrogen-bond acceptors (Lipinski definition) is 1. The largest absolute Gasteiger partial charge is 0.508 e. The van der Waals surface area contributed by atoms with Crippen LogP contribution in [-0.2, 0) is 0 Å². The van der Waals surface area contributed by atoms with E-state index in [2.05, 4.69) is 0 Å². The summed E-state index contributed by atoms with van der Waals surface area (Å²) in [5, 5.41) is 8.90. The molecule has 0 amide bonds. The fourth-order valence-corrected chi connectivity index (χ4v) is 0.778. The van der Waals surface area contributed by atoms with Gasteiger partial charge in [-0.05, 0) is 24.6 Å². The molecule has 0 bridgehead atoms. The molecule has 68 valence electrons. The van der Waals surface area contributed by atoms with E-state index in [4.69, 9.17) is 5.11 Å². The summed E-state index contributed by atoms with van der Waals surface area (Å²) in [4.78, 5) is 0. The molecule has 1 rings (SSSR count). The Morgan fingerprint density at radius 3 is 2.00 bits per heavy atom. The highest BCUT2D eigenvalue weighted by Gasteiger charge is 1.85. The first-order chi connectivity index (χ1) is 4.83. The first kappa shape index (κ1) is 13.9. The number of rotatable bonds is 1. The second-order valence-electron chi connectivity index (χ2n) is 2.09. The maximum Gasteiger partial charge on any atom is 0.115 e. The highest BCUT2D eigenvalue weighted by Crippen LogP contribution is 2.10. The van der Waals surface area contributed by atoms with E-state index in [1.165, 1.54) is 0 Å². The quantitative estimate of drug-likeness (QED) is 0.749. The average Bonchev–Trinajstić information content (AvgIpc) is 1.95. The Hall–Kier alpha value is -0.660. The molecule has 0 aliphatic heterocycles. The number of phenolic OH excluding ortho intramolecular Hbond substituents is 1. The number of halogens is 2. The van der Waals surface area contributed by atoms with E-state index in [0.29, 0.717) is 5.75 Å². The van der Waals surface area contributed by atoms with Crippen molar-refractivity contribution in [2.24, 2.45) is 0 Å². The van der Waals surface area contributed by atoms with Crippen molar-refractivity contribution in [3.63, 3.8) is 0 Å². The Balaban J connectivity index is 0. The van der Waals surface area contributed by atoms with Crippen molar-refractivity contribution in [2.45, 2.75) is 6.92 Å². The first-order valence-electron chi connectivity index (χ1n) is 3.24. The minimum atomic E-state index is 0. The molecule has 1 N–H and O–H groups in total. The standard InChI is InChI=1S/C9H10O.2ClH/c1-2-3-8-4-6-9(10)7-5-8;;/h2-7,10H,1H3;2*1H/b3-2+;;. The van der Waals surface area contributed by atoms with Crippen molar-refractivity contribution < 1.29 is 5.11 Å². The predicted molar refractivity (Wildman–Crippen MR) is 57.3 cm³/mol. The second kappa shape index (κ2) is 7.01. The van der Waals surface area contributed by atoms with Gasteiger partial charge in [-0.3, -0.25) is 0 Å². The smallest absolute Gasteiger partial charge is 0.115 e. The van der Waals surface area contributed by atoms with Gasteiger partial charge in [0.2, 0.25) is 0 Å². The highest BCUT2D eigenvalue weighted by atomic mass is 35.5. The summed E-state index contributed by atoms with van der Waals surface area (Å²) in [6.07, 6.45) is 3.95. The topological polar surface area (TPSA) is 20.2 Å². The van der Waals surface area contributed by atoms with Crippen molar-refractivity contribution in [1.82, 2.24) is 0 Å². The van der Waals surface area contributed by atoms with Crippen LogP contribution in [0.5, 0.6) is 5.75 Å². The molecule has 1 nitrogen and oxygen atoms in total. The molecule has 1 aromatic carbocycles. The lowest BCUT2D eigenvalue weighted by molar-refractivity contribution is 0.475. The van der Waals surface area contributed by atoms with Crippen LogP contribution in [0.4, 0.5) is 0 Å². The molecule has 0 aliphatic carbocycles. The van der Waals surface area contributed by atoms with Crippen molar-refractivity contribution in [3.8, 4) is 5.75 Å². The maximum atomic E-state index is 8.90. The van der Waals surface area contributed by atoms with Crippen LogP contribution in [0.25, 0.3) is 6.08 Å². The van der Waals surface area contributed by atoms with Gasteiger partial charge < -0.3 is 5.11 Å². The third-order valence-electron chi connectivity index (χ3n) is 1.25. The number of benzene rings is 1. The molecule has 3 heteroatoms. The van der Waals surface area contributed by atoms with Crippen LogP contribution >= 0.6 is 24.8 Å². The van der Waals surface area contributed by atoms with E-state index in [1.807, 2.05) is 31.2 Å². The van der Waals surface area contributed by atoms with E-state index in [-0.39, 0.29) is 24.8 Å². The number of aromatic hydroxyl groups is 1. The molecule has 0 spiro atoms. The van der Waals surface area contributed by atoms with E-state index in [9.17, 15) is 0 Å². The van der Waals surface area contributed by atoms with Crippen LogP contribution in [0, 0.1) is 0 Å². The third kappa shape index (κ3) is 4.27. The number of phenols is 1. The summed E-state index contributed by atoms with van der Waals surface area (Å²) < 4.78 is 0. The lowest BCUT2D eigenvalue weighted by Crippen LogP contribution is -1.68. The van der Waals surface area contributed by atoms with Crippen LogP contribution in [0.2, 0.25) is 0 Å². The van der Waals surface area contributed by atoms with Gasteiger partial charge in [-0.2, -0.15) is 0 Å². The van der Waals surface area contributed by atoms with Gasteiger partial charge in [0.15, 0.2) is 0 Å². The fourth-order valence-electron chi connectivity index (χ4n) is 0.778. The van der Waals surface area contributed by atoms with Crippen molar-refractivity contribution >= 4 is 30.9 Å². The minimum absolute atomic E-state index is 0. The van der Waals surface area contributed by atoms with Crippen molar-refractivity contribution in [2.75, 3.05) is 0 Å². The highest BCUT2D eigenvalue weighted by molar-refractivity contribution is 5.85. The fraction of sp³-hybridized carbons (Fsp3) is 0.111. The first-order valence-corrected chi connectivity index (χ1v) is 3.24. The molecule has 0 saturated carbocycles. The number of hydrogen-bond donors (Lipinski definition) is 1. The molecule has 0 aromatic heterocycles. The van der Waals surface area contributed by atoms with Gasteiger partial charge in [-0.25, -0.2) is 0 Å². The van der Waals surface area contributed by atoms with Crippen molar-refractivity contribution in [3.05, 3.63) is 35.9 Å². The Kier molecular flexibility index (Phi) is 8.12. The molecule has 0 saturated heterocycles. The average molecular weight is 207 g/mol. The van der Waals surface area contributed by atoms with Crippen molar-refractivity contribution in [1.29, 1.82) is 0 Å². The van der Waals surface area contributed by atoms with Crippen LogP contribution < -0.4 is 0 Å². The summed E-state index contributed by atoms with van der Waals surface area (Å²) in [6, 6.07) is 7.09. The molecule has 0 heterocycles. The van der Waals surface area contributed by atoms with Crippen LogP contribution in [0.1, 0.15) is 12.5 Å². The SMILES string of the molecule is C/C=C/c1ccc(O)cc1.Cl.Cl. The normalized spacial score (nSPS) is 8.75. The van der Waals surface area contributed by atoms with Gasteiger partial charge in [-0.15, -0.1) is 24.8 Å². The summed E-state index contributed by atoms with van der Waals surface area (Å²) in [5.74, 6) is 0.313. The monoisotopic (exact) mass is 206 g/mol. The second-order valence-corrected chi connectivity index (χ2v) is 2.09. The minimum Gasteiger partial charge on any atom is -0.508 e. The molecular weight excluding hydrogens is 195 g/mol. The molecule has 0 atom stereocenters. The zero-order chi connectivity index (χ0) is 7.40. The molecule has 1 aromatic rings. The van der Waals surface area contributed by atoms with Gasteiger partial charge in [0, 0.05) is 0 Å². The summed E-state index contributed by atoms with van der Waals surface area (Å²) in [6.45, 7) is 1.97. The Morgan fingerprint density at radius 2 is 1.58 bits per heavy atom. The molecule has 12 heavy (non-hydrogen) atoms. The van der Waals surface area contributed by atoms with E-state index >= 15 is 0 Å². The molecule has 0 unspecified atom stereocenters. The van der Waals surface area contributed by atoms with Crippen LogP contribution in [0.15, 0.2) is 30.3 Å². The maximum absolute atomic E-state index is 8.90. The Labute approximate surface area is 84.9 Å². The zero-order valence-electron chi connectivity index (χ0n) is 6.73. The Bertz CT molecular complexity index is 229. The van der Waals surface area contributed by atoms with E-state index in [1.54, 1.807) is 12.1 Å². The Morgan fingerprint density at radius 1 is 1.08 bits per heavy atom. The lowest BCUT2D eigenvalue weighted by Gasteiger charge is -1.91. The molecule has 0 aliphatic rings. The van der Waals surface area contributed by atoms with Gasteiger partial charge >= 0.3 is 0 Å². The van der Waals surface area contributed by atoms with Gasteiger partial charge in [0.25, 0.3) is 0 Å². The van der Waals surface area contributed by atoms with Gasteiger partial charge in [0.05, 0.1) is 0 Å².